The van der Waals surface area contributed by atoms with Gasteiger partial charge in [0.2, 0.25) is 0 Å². The van der Waals surface area contributed by atoms with Gasteiger partial charge in [-0.05, 0) is 31.4 Å². The predicted molar refractivity (Wildman–Crippen MR) is 77.0 cm³/mol. The highest BCUT2D eigenvalue weighted by Crippen LogP contribution is 2.34. The molecule has 0 saturated heterocycles. The van der Waals surface area contributed by atoms with E-state index >= 15 is 0 Å². The number of fused-ring (bicyclic) bond motifs is 1. The molecule has 2 heterocycles. The first kappa shape index (κ1) is 12.7. The molecule has 0 spiro atoms. The summed E-state index contributed by atoms with van der Waals surface area (Å²) in [6.45, 7) is 2.03. The number of nitrogens with one attached hydrogen (secondary N) is 1. The fourth-order valence-electron chi connectivity index (χ4n) is 2.84. The summed E-state index contributed by atoms with van der Waals surface area (Å²) in [7, 11) is 0. The maximum absolute atomic E-state index is 5.76. The summed E-state index contributed by atoms with van der Waals surface area (Å²) in [6, 6.07) is 4.39. The van der Waals surface area contributed by atoms with E-state index in [1.807, 2.05) is 19.2 Å². The average Bonchev–Trinajstić information content (AvgIpc) is 3.02. The molecule has 0 saturated carbocycles. The molecule has 100 valence electrons. The van der Waals surface area contributed by atoms with Gasteiger partial charge in [-0.15, -0.1) is 11.3 Å². The van der Waals surface area contributed by atoms with E-state index in [2.05, 4.69) is 26.8 Å². The molecule has 5 heteroatoms. The van der Waals surface area contributed by atoms with Crippen LogP contribution in [0.25, 0.3) is 0 Å². The molecule has 19 heavy (non-hydrogen) atoms. The van der Waals surface area contributed by atoms with E-state index in [1.165, 1.54) is 11.3 Å². The molecule has 0 radical (unpaired) electrons. The van der Waals surface area contributed by atoms with Gasteiger partial charge in [-0.2, -0.15) is 0 Å². The van der Waals surface area contributed by atoms with E-state index in [0.29, 0.717) is 5.92 Å². The molecular formula is C14H18N4S. The monoisotopic (exact) mass is 274 g/mol. The van der Waals surface area contributed by atoms with Crippen molar-refractivity contribution in [2.45, 2.75) is 38.1 Å². The zero-order valence-electron chi connectivity index (χ0n) is 11.0. The van der Waals surface area contributed by atoms with Crippen LogP contribution in [-0.4, -0.2) is 16.0 Å². The Bertz CT molecular complexity index is 566. The van der Waals surface area contributed by atoms with Gasteiger partial charge in [-0.1, -0.05) is 6.07 Å². The van der Waals surface area contributed by atoms with Crippen molar-refractivity contribution < 1.29 is 0 Å². The Morgan fingerprint density at radius 2 is 2.47 bits per heavy atom. The van der Waals surface area contributed by atoms with Gasteiger partial charge >= 0.3 is 0 Å². The summed E-state index contributed by atoms with van der Waals surface area (Å²) < 4.78 is 0. The lowest BCUT2D eigenvalue weighted by Crippen LogP contribution is -2.41. The van der Waals surface area contributed by atoms with Gasteiger partial charge < -0.3 is 0 Å². The molecule has 4 nitrogen and oxygen atoms in total. The van der Waals surface area contributed by atoms with Gasteiger partial charge in [-0.3, -0.25) is 16.3 Å². The number of aromatic nitrogens is 2. The molecule has 2 unspecified atom stereocenters. The number of nitrogens with two attached hydrogens (primary N) is 1. The summed E-state index contributed by atoms with van der Waals surface area (Å²) >= 11 is 1.71. The van der Waals surface area contributed by atoms with Crippen molar-refractivity contribution in [2.75, 3.05) is 0 Å². The SMILES string of the molecule is Cc1csc(CC(NN)C2CCc3cccnc32)n1. The van der Waals surface area contributed by atoms with Crippen molar-refractivity contribution >= 4 is 11.3 Å². The lowest BCUT2D eigenvalue weighted by molar-refractivity contribution is 0.428. The first-order chi connectivity index (χ1) is 9.28. The van der Waals surface area contributed by atoms with Crippen molar-refractivity contribution in [2.24, 2.45) is 5.84 Å². The van der Waals surface area contributed by atoms with Crippen LogP contribution in [0.1, 0.15) is 34.3 Å². The van der Waals surface area contributed by atoms with Crippen LogP contribution in [-0.2, 0) is 12.8 Å². The maximum Gasteiger partial charge on any atom is 0.0944 e. The van der Waals surface area contributed by atoms with Gasteiger partial charge in [0.25, 0.3) is 0 Å². The molecule has 1 aliphatic carbocycles. The molecule has 3 N–H and O–H groups in total. The Hall–Kier alpha value is -1.30. The first-order valence-corrected chi connectivity index (χ1v) is 7.47. The van der Waals surface area contributed by atoms with E-state index in [9.17, 15) is 0 Å². The smallest absolute Gasteiger partial charge is 0.0944 e. The Balaban J connectivity index is 1.80. The highest BCUT2D eigenvalue weighted by molar-refractivity contribution is 7.09. The predicted octanol–water partition coefficient (Wildman–Crippen LogP) is 1.95. The van der Waals surface area contributed by atoms with Gasteiger partial charge in [0, 0.05) is 41.3 Å². The number of pyridine rings is 1. The summed E-state index contributed by atoms with van der Waals surface area (Å²) in [5.41, 5.74) is 6.62. The molecule has 0 aromatic carbocycles. The van der Waals surface area contributed by atoms with Crippen molar-refractivity contribution in [3.8, 4) is 0 Å². The van der Waals surface area contributed by atoms with Gasteiger partial charge in [-0.25, -0.2) is 4.98 Å². The third-order valence-electron chi connectivity index (χ3n) is 3.76. The second-order valence-corrected chi connectivity index (χ2v) is 6.00. The normalized spacial score (nSPS) is 19.4. The Morgan fingerprint density at radius 1 is 1.58 bits per heavy atom. The third kappa shape index (κ3) is 2.54. The second kappa shape index (κ2) is 5.36. The van der Waals surface area contributed by atoms with Crippen LogP contribution in [0.15, 0.2) is 23.7 Å². The average molecular weight is 274 g/mol. The minimum Gasteiger partial charge on any atom is -0.271 e. The standard InChI is InChI=1S/C14H18N4S/c1-9-8-19-13(17-9)7-12(18-15)11-5-4-10-3-2-6-16-14(10)11/h2-3,6,8,11-12,18H,4-5,7,15H2,1H3. The zero-order chi connectivity index (χ0) is 13.2. The summed E-state index contributed by atoms with van der Waals surface area (Å²) in [5.74, 6) is 6.16. The van der Waals surface area contributed by atoms with Crippen LogP contribution in [0.5, 0.6) is 0 Å². The number of hydrogen-bond acceptors (Lipinski definition) is 5. The van der Waals surface area contributed by atoms with E-state index in [-0.39, 0.29) is 6.04 Å². The Kier molecular flexibility index (Phi) is 3.59. The molecule has 3 rings (SSSR count). The Morgan fingerprint density at radius 3 is 3.21 bits per heavy atom. The van der Waals surface area contributed by atoms with Crippen LogP contribution in [0.4, 0.5) is 0 Å². The largest absolute Gasteiger partial charge is 0.271 e. The van der Waals surface area contributed by atoms with E-state index < -0.39 is 0 Å². The van der Waals surface area contributed by atoms with Crippen molar-refractivity contribution in [1.29, 1.82) is 0 Å². The molecule has 2 atom stereocenters. The fraction of sp³-hybridized carbons (Fsp3) is 0.429. The van der Waals surface area contributed by atoms with Crippen LogP contribution < -0.4 is 11.3 Å². The quantitative estimate of drug-likeness (QED) is 0.661. The van der Waals surface area contributed by atoms with Crippen LogP contribution in [0, 0.1) is 6.92 Å². The maximum atomic E-state index is 5.76. The van der Waals surface area contributed by atoms with E-state index in [4.69, 9.17) is 5.84 Å². The third-order valence-corrected chi connectivity index (χ3v) is 4.75. The van der Waals surface area contributed by atoms with Crippen LogP contribution >= 0.6 is 11.3 Å². The summed E-state index contributed by atoms with van der Waals surface area (Å²) in [6.07, 6.45) is 4.96. The molecule has 1 aliphatic rings. The highest BCUT2D eigenvalue weighted by Gasteiger charge is 2.30. The Labute approximate surface area is 117 Å². The highest BCUT2D eigenvalue weighted by atomic mass is 32.1. The van der Waals surface area contributed by atoms with Gasteiger partial charge in [0.05, 0.1) is 5.01 Å². The molecular weight excluding hydrogens is 256 g/mol. The van der Waals surface area contributed by atoms with Crippen LogP contribution in [0.3, 0.4) is 0 Å². The van der Waals surface area contributed by atoms with Crippen molar-refractivity contribution in [3.63, 3.8) is 0 Å². The molecule has 2 aromatic heterocycles. The number of nitrogens with zero attached hydrogens (tertiary/aromatic N) is 2. The molecule has 0 bridgehead atoms. The van der Waals surface area contributed by atoms with E-state index in [0.717, 1.165) is 30.0 Å². The minimum atomic E-state index is 0.210. The van der Waals surface area contributed by atoms with Gasteiger partial charge in [0.15, 0.2) is 0 Å². The first-order valence-electron chi connectivity index (χ1n) is 6.59. The second-order valence-electron chi connectivity index (χ2n) is 5.05. The van der Waals surface area contributed by atoms with Crippen LogP contribution in [0.2, 0.25) is 0 Å². The lowest BCUT2D eigenvalue weighted by Gasteiger charge is -2.22. The number of rotatable bonds is 4. The number of aryl methyl sites for hydroxylation is 2. The lowest BCUT2D eigenvalue weighted by atomic mass is 9.95. The van der Waals surface area contributed by atoms with Crippen molar-refractivity contribution in [3.05, 3.63) is 45.7 Å². The summed E-state index contributed by atoms with van der Waals surface area (Å²) in [5, 5.41) is 3.23. The zero-order valence-corrected chi connectivity index (χ0v) is 11.8. The van der Waals surface area contributed by atoms with E-state index in [1.54, 1.807) is 11.3 Å². The molecule has 2 aromatic rings. The number of thiazole rings is 1. The molecule has 0 aliphatic heterocycles. The van der Waals surface area contributed by atoms with Gasteiger partial charge in [0.1, 0.15) is 0 Å². The topological polar surface area (TPSA) is 63.8 Å². The number of hydrogen-bond donors (Lipinski definition) is 2. The summed E-state index contributed by atoms with van der Waals surface area (Å²) in [4.78, 5) is 9.07. The number of hydrazine groups is 1. The minimum absolute atomic E-state index is 0.210. The molecule has 0 amide bonds. The molecule has 0 fully saturated rings. The fourth-order valence-corrected chi connectivity index (χ4v) is 3.67. The van der Waals surface area contributed by atoms with Crippen molar-refractivity contribution in [1.82, 2.24) is 15.4 Å².